The van der Waals surface area contributed by atoms with Crippen molar-refractivity contribution >= 4 is 39.5 Å². The molecule has 564 valence electrons. The summed E-state index contributed by atoms with van der Waals surface area (Å²) < 4.78 is 68.5. The first kappa shape index (κ1) is 93.1. The van der Waals surface area contributed by atoms with Crippen LogP contribution in [0, 0.1) is 23.7 Å². The Labute approximate surface area is 581 Å². The van der Waals surface area contributed by atoms with Gasteiger partial charge in [0.1, 0.15) is 19.3 Å². The van der Waals surface area contributed by atoms with Gasteiger partial charge in [-0.1, -0.05) is 331 Å². The number of hydrogen-bond acceptors (Lipinski definition) is 15. The summed E-state index contributed by atoms with van der Waals surface area (Å²) in [6.07, 6.45) is 49.9. The third-order valence-corrected chi connectivity index (χ3v) is 19.8. The molecule has 3 N–H and O–H groups in total. The molecule has 4 unspecified atom stereocenters. The minimum absolute atomic E-state index is 0.104. The number of esters is 4. The zero-order chi connectivity index (χ0) is 70.3. The van der Waals surface area contributed by atoms with Gasteiger partial charge in [0.05, 0.1) is 26.4 Å². The van der Waals surface area contributed by atoms with Gasteiger partial charge in [-0.05, 0) is 49.4 Å². The quantitative estimate of drug-likeness (QED) is 0.0222. The predicted octanol–water partition coefficient (Wildman–Crippen LogP) is 22.0. The summed E-state index contributed by atoms with van der Waals surface area (Å²) >= 11 is 0. The van der Waals surface area contributed by atoms with Gasteiger partial charge < -0.3 is 33.8 Å². The molecule has 0 bridgehead atoms. The average molecular weight is 1400 g/mol. The third-order valence-electron chi connectivity index (χ3n) is 17.9. The summed E-state index contributed by atoms with van der Waals surface area (Å²) in [4.78, 5) is 72.8. The van der Waals surface area contributed by atoms with Gasteiger partial charge in [-0.25, -0.2) is 9.13 Å². The van der Waals surface area contributed by atoms with Gasteiger partial charge in [0.2, 0.25) is 0 Å². The lowest BCUT2D eigenvalue weighted by Gasteiger charge is -2.21. The summed E-state index contributed by atoms with van der Waals surface area (Å²) in [6, 6.07) is 0. The van der Waals surface area contributed by atoms with E-state index in [2.05, 4.69) is 55.4 Å². The highest BCUT2D eigenvalue weighted by Crippen LogP contribution is 2.45. The molecule has 0 fully saturated rings. The fourth-order valence-corrected chi connectivity index (χ4v) is 13.1. The van der Waals surface area contributed by atoms with Crippen LogP contribution in [0.4, 0.5) is 0 Å². The molecule has 0 aliphatic heterocycles. The normalized spacial score (nSPS) is 14.4. The topological polar surface area (TPSA) is 237 Å². The van der Waals surface area contributed by atoms with E-state index in [9.17, 15) is 43.2 Å². The molecule has 0 saturated heterocycles. The van der Waals surface area contributed by atoms with Gasteiger partial charge >= 0.3 is 39.5 Å². The Bertz CT molecular complexity index is 1870. The highest BCUT2D eigenvalue weighted by Gasteiger charge is 2.30. The Balaban J connectivity index is 5.26. The molecule has 0 spiro atoms. The van der Waals surface area contributed by atoms with Crippen molar-refractivity contribution in [1.29, 1.82) is 0 Å². The molecule has 0 aromatic rings. The Morgan fingerprint density at radius 3 is 0.747 bits per heavy atom. The van der Waals surface area contributed by atoms with Crippen molar-refractivity contribution in [3.05, 3.63) is 0 Å². The maximum absolute atomic E-state index is 13.1. The molecule has 0 aromatic carbocycles. The highest BCUT2D eigenvalue weighted by atomic mass is 31.2. The molecular formula is C76H148O17P2. The van der Waals surface area contributed by atoms with E-state index in [1.807, 2.05) is 0 Å². The molecule has 0 aromatic heterocycles. The second-order valence-corrected chi connectivity index (χ2v) is 32.0. The van der Waals surface area contributed by atoms with Crippen molar-refractivity contribution in [2.24, 2.45) is 23.7 Å². The summed E-state index contributed by atoms with van der Waals surface area (Å²) in [5, 5.41) is 10.6. The van der Waals surface area contributed by atoms with Gasteiger partial charge in [-0.3, -0.25) is 37.3 Å². The number of phosphoric ester groups is 2. The van der Waals surface area contributed by atoms with Gasteiger partial charge in [0, 0.05) is 25.7 Å². The minimum atomic E-state index is -4.96. The van der Waals surface area contributed by atoms with E-state index in [0.29, 0.717) is 25.7 Å². The lowest BCUT2D eigenvalue weighted by molar-refractivity contribution is -0.161. The Morgan fingerprint density at radius 1 is 0.295 bits per heavy atom. The first-order chi connectivity index (χ1) is 45.6. The number of phosphoric acid groups is 2. The zero-order valence-electron chi connectivity index (χ0n) is 62.3. The van der Waals surface area contributed by atoms with Crippen LogP contribution in [0.3, 0.4) is 0 Å². The second-order valence-electron chi connectivity index (χ2n) is 29.1. The van der Waals surface area contributed by atoms with Crippen LogP contribution in [-0.2, 0) is 65.4 Å². The van der Waals surface area contributed by atoms with Crippen molar-refractivity contribution in [1.82, 2.24) is 0 Å². The van der Waals surface area contributed by atoms with Crippen molar-refractivity contribution < 1.29 is 80.2 Å². The first-order valence-electron chi connectivity index (χ1n) is 39.2. The maximum Gasteiger partial charge on any atom is 0.472 e. The minimum Gasteiger partial charge on any atom is -0.462 e. The van der Waals surface area contributed by atoms with Crippen molar-refractivity contribution in [3.63, 3.8) is 0 Å². The van der Waals surface area contributed by atoms with Gasteiger partial charge in [0.25, 0.3) is 0 Å². The molecular weight excluding hydrogens is 1250 g/mol. The number of carbonyl (C=O) groups is 4. The van der Waals surface area contributed by atoms with Crippen molar-refractivity contribution in [2.45, 2.75) is 401 Å². The van der Waals surface area contributed by atoms with E-state index in [-0.39, 0.29) is 25.7 Å². The predicted molar refractivity (Wildman–Crippen MR) is 386 cm³/mol. The van der Waals surface area contributed by atoms with Crippen LogP contribution in [0.5, 0.6) is 0 Å². The summed E-state index contributed by atoms with van der Waals surface area (Å²) in [7, 11) is -9.91. The number of aliphatic hydroxyl groups is 1. The average Bonchev–Trinajstić information content (AvgIpc) is 1.54. The highest BCUT2D eigenvalue weighted by molar-refractivity contribution is 7.47. The molecule has 0 aliphatic rings. The van der Waals surface area contributed by atoms with E-state index in [1.54, 1.807) is 0 Å². The van der Waals surface area contributed by atoms with E-state index in [4.69, 9.17) is 37.0 Å². The van der Waals surface area contributed by atoms with Crippen molar-refractivity contribution in [2.75, 3.05) is 39.6 Å². The number of ether oxygens (including phenoxy) is 4. The summed E-state index contributed by atoms with van der Waals surface area (Å²) in [6.45, 7) is 14.2. The SMILES string of the molecule is CCC(C)CCCCCCCCCCCCC(=O)OC[C@H](COP(=O)(O)OCC(O)COP(=O)(O)OC[C@@H](COC(=O)CCCCCCCCCCC(C)C)OC(=O)CCCCCCCCCCCC(C)C)OC(=O)CCCCCCCCCCCCCCCCCC(C)C. The molecule has 0 saturated carbocycles. The van der Waals surface area contributed by atoms with Crippen LogP contribution in [0.15, 0.2) is 0 Å². The van der Waals surface area contributed by atoms with Gasteiger partial charge in [0.15, 0.2) is 12.2 Å². The van der Waals surface area contributed by atoms with Crippen LogP contribution in [0.25, 0.3) is 0 Å². The third kappa shape index (κ3) is 69.0. The Morgan fingerprint density at radius 2 is 0.505 bits per heavy atom. The molecule has 95 heavy (non-hydrogen) atoms. The molecule has 19 heteroatoms. The van der Waals surface area contributed by atoms with E-state index in [0.717, 1.165) is 114 Å². The molecule has 0 radical (unpaired) electrons. The lowest BCUT2D eigenvalue weighted by atomic mass is 9.99. The molecule has 6 atom stereocenters. The first-order valence-corrected chi connectivity index (χ1v) is 42.2. The monoisotopic (exact) mass is 1400 g/mol. The zero-order valence-corrected chi connectivity index (χ0v) is 64.1. The maximum atomic E-state index is 13.1. The van der Waals surface area contributed by atoms with E-state index >= 15 is 0 Å². The summed E-state index contributed by atoms with van der Waals surface area (Å²) in [5.74, 6) is 0.954. The van der Waals surface area contributed by atoms with Gasteiger partial charge in [-0.15, -0.1) is 0 Å². The molecule has 0 amide bonds. The van der Waals surface area contributed by atoms with E-state index < -0.39 is 97.5 Å². The summed E-state index contributed by atoms with van der Waals surface area (Å²) in [5.41, 5.74) is 0. The lowest BCUT2D eigenvalue weighted by Crippen LogP contribution is -2.30. The molecule has 0 aliphatic carbocycles. The fraction of sp³-hybridized carbons (Fsp3) is 0.947. The number of rotatable bonds is 73. The van der Waals surface area contributed by atoms with Crippen LogP contribution < -0.4 is 0 Å². The van der Waals surface area contributed by atoms with Crippen LogP contribution in [0.2, 0.25) is 0 Å². The molecule has 0 rings (SSSR count). The van der Waals surface area contributed by atoms with Crippen LogP contribution in [-0.4, -0.2) is 96.7 Å². The fourth-order valence-electron chi connectivity index (χ4n) is 11.5. The molecule has 0 heterocycles. The number of unbranched alkanes of at least 4 members (excludes halogenated alkanes) is 38. The van der Waals surface area contributed by atoms with Crippen LogP contribution >= 0.6 is 15.6 Å². The number of hydrogen-bond donors (Lipinski definition) is 3. The smallest absolute Gasteiger partial charge is 0.462 e. The second kappa shape index (κ2) is 65.4. The number of carbonyl (C=O) groups excluding carboxylic acids is 4. The Hall–Kier alpha value is -1.94. The van der Waals surface area contributed by atoms with E-state index in [1.165, 1.54) is 186 Å². The van der Waals surface area contributed by atoms with Crippen molar-refractivity contribution in [3.8, 4) is 0 Å². The standard InChI is InChI=1S/C76H148O17P2/c1-9-69(8)55-47-39-31-22-17-18-23-32-40-48-56-73(78)86-62-71(92-75(80)58-50-42-34-24-16-14-12-10-11-13-15-20-28-36-44-52-66(2)3)64-90-94(82,83)88-60-70(77)61-89-95(84,85)91-65-72(63-87-74(79)57-49-41-33-27-26-30-38-46-54-68(6)7)93-76(81)59-51-43-35-25-19-21-29-37-45-53-67(4)5/h66-72,77H,9-65H2,1-8H3,(H,82,83)(H,84,85)/t69?,70?,71-,72-/m1/s1. The number of aliphatic hydroxyl groups excluding tert-OH is 1. The largest absolute Gasteiger partial charge is 0.472 e. The van der Waals surface area contributed by atoms with Gasteiger partial charge in [-0.2, -0.15) is 0 Å². The Kier molecular flexibility index (Phi) is 64.0. The molecule has 17 nitrogen and oxygen atoms in total. The van der Waals surface area contributed by atoms with Crippen LogP contribution in [0.1, 0.15) is 383 Å².